The highest BCUT2D eigenvalue weighted by molar-refractivity contribution is 5.70. The molecule has 0 heterocycles. The number of allylic oxidation sites excluding steroid dienone is 5. The van der Waals surface area contributed by atoms with Crippen LogP contribution in [0.1, 0.15) is 40.5 Å². The average Bonchev–Trinajstić information content (AvgIpc) is 2.72. The van der Waals surface area contributed by atoms with Crippen LogP contribution in [0.4, 0.5) is 4.79 Å². The zero-order valence-corrected chi connectivity index (χ0v) is 14.4. The Balaban J connectivity index is 2.54. The van der Waals surface area contributed by atoms with Crippen LogP contribution in [0, 0.1) is 11.3 Å². The lowest BCUT2D eigenvalue weighted by atomic mass is 9.76. The molecule has 1 N–H and O–H groups in total. The van der Waals surface area contributed by atoms with Crippen LogP contribution in [-0.4, -0.2) is 25.2 Å². The van der Waals surface area contributed by atoms with Crippen molar-refractivity contribution in [3.05, 3.63) is 36.1 Å². The quantitative estimate of drug-likeness (QED) is 0.573. The third-order valence-electron chi connectivity index (χ3n) is 4.09. The molecule has 0 spiro atoms. The molecule has 5 heteroatoms. The molecule has 0 bridgehead atoms. The van der Waals surface area contributed by atoms with Crippen molar-refractivity contribution in [1.29, 1.82) is 0 Å². The molecule has 0 saturated heterocycles. The zero-order valence-electron chi connectivity index (χ0n) is 14.4. The highest BCUT2D eigenvalue weighted by Crippen LogP contribution is 2.35. The minimum Gasteiger partial charge on any atom is -0.464 e. The summed E-state index contributed by atoms with van der Waals surface area (Å²) in [7, 11) is 0. The van der Waals surface area contributed by atoms with Crippen molar-refractivity contribution < 1.29 is 19.1 Å². The SMILES string of the molecule is CCC(=O)OCCNC(=O)OC1=CC(C)(C(C)CC)C=CC=C1. The topological polar surface area (TPSA) is 64.6 Å². The molecule has 2 atom stereocenters. The molecule has 128 valence electrons. The van der Waals surface area contributed by atoms with Crippen LogP contribution in [0.5, 0.6) is 0 Å². The molecule has 1 amide bonds. The van der Waals surface area contributed by atoms with Gasteiger partial charge in [0.15, 0.2) is 0 Å². The zero-order chi connectivity index (χ0) is 17.3. The van der Waals surface area contributed by atoms with E-state index in [0.29, 0.717) is 18.1 Å². The van der Waals surface area contributed by atoms with Gasteiger partial charge < -0.3 is 14.8 Å². The summed E-state index contributed by atoms with van der Waals surface area (Å²) in [4.78, 5) is 22.8. The van der Waals surface area contributed by atoms with Crippen molar-refractivity contribution in [2.75, 3.05) is 13.2 Å². The number of hydrogen-bond acceptors (Lipinski definition) is 4. The first-order chi connectivity index (χ1) is 10.9. The highest BCUT2D eigenvalue weighted by atomic mass is 16.6. The predicted molar refractivity (Wildman–Crippen MR) is 89.7 cm³/mol. The molecule has 0 fully saturated rings. The molecule has 23 heavy (non-hydrogen) atoms. The van der Waals surface area contributed by atoms with Crippen LogP contribution in [0.15, 0.2) is 36.1 Å². The van der Waals surface area contributed by atoms with E-state index in [1.807, 2.05) is 18.2 Å². The molecule has 0 aromatic rings. The molecule has 0 aromatic carbocycles. The van der Waals surface area contributed by atoms with Gasteiger partial charge in [-0.2, -0.15) is 0 Å². The molecule has 0 radical (unpaired) electrons. The van der Waals surface area contributed by atoms with Gasteiger partial charge in [-0.15, -0.1) is 0 Å². The average molecular weight is 321 g/mol. The maximum atomic E-state index is 11.8. The summed E-state index contributed by atoms with van der Waals surface area (Å²) in [6.45, 7) is 8.52. The van der Waals surface area contributed by atoms with Crippen LogP contribution in [0.3, 0.4) is 0 Å². The third kappa shape index (κ3) is 6.30. The van der Waals surface area contributed by atoms with E-state index in [9.17, 15) is 9.59 Å². The van der Waals surface area contributed by atoms with Crippen molar-refractivity contribution in [2.45, 2.75) is 40.5 Å². The Morgan fingerprint density at radius 3 is 2.70 bits per heavy atom. The fraction of sp³-hybridized carbons (Fsp3) is 0.556. The molecule has 1 rings (SSSR count). The normalized spacial score (nSPS) is 21.1. The van der Waals surface area contributed by atoms with Gasteiger partial charge in [0, 0.05) is 11.8 Å². The number of rotatable bonds is 7. The molecular formula is C18H27NO4. The monoisotopic (exact) mass is 321 g/mol. The van der Waals surface area contributed by atoms with E-state index in [4.69, 9.17) is 9.47 Å². The lowest BCUT2D eigenvalue weighted by molar-refractivity contribution is -0.143. The van der Waals surface area contributed by atoms with Crippen LogP contribution in [-0.2, 0) is 14.3 Å². The van der Waals surface area contributed by atoms with Crippen LogP contribution in [0.25, 0.3) is 0 Å². The summed E-state index contributed by atoms with van der Waals surface area (Å²) in [5.74, 6) is 0.652. The minimum absolute atomic E-state index is 0.142. The number of nitrogens with one attached hydrogen (secondary N) is 1. The molecule has 0 aromatic heterocycles. The van der Waals surface area contributed by atoms with E-state index in [1.165, 1.54) is 0 Å². The Morgan fingerprint density at radius 2 is 2.04 bits per heavy atom. The Morgan fingerprint density at radius 1 is 1.30 bits per heavy atom. The molecule has 1 aliphatic rings. The molecule has 2 unspecified atom stereocenters. The summed E-state index contributed by atoms with van der Waals surface area (Å²) in [6, 6.07) is 0. The maximum Gasteiger partial charge on any atom is 0.412 e. The Labute approximate surface area is 138 Å². The summed E-state index contributed by atoms with van der Waals surface area (Å²) < 4.78 is 10.2. The van der Waals surface area contributed by atoms with Crippen molar-refractivity contribution in [2.24, 2.45) is 11.3 Å². The van der Waals surface area contributed by atoms with Gasteiger partial charge >= 0.3 is 12.1 Å². The summed E-state index contributed by atoms with van der Waals surface area (Å²) in [5, 5.41) is 2.57. The van der Waals surface area contributed by atoms with Gasteiger partial charge in [0.2, 0.25) is 0 Å². The van der Waals surface area contributed by atoms with E-state index in [2.05, 4.69) is 32.2 Å². The number of carbonyl (C=O) groups excluding carboxylic acids is 2. The standard InChI is InChI=1S/C18H27NO4/c1-5-14(3)18(4)10-8-7-9-15(13-18)23-17(21)19-11-12-22-16(20)6-2/h7-10,13-14H,5-6,11-12H2,1-4H3,(H,19,21). The predicted octanol–water partition coefficient (Wildman–Crippen LogP) is 3.73. The molecule has 0 aliphatic heterocycles. The highest BCUT2D eigenvalue weighted by Gasteiger charge is 2.26. The van der Waals surface area contributed by atoms with Crippen LogP contribution < -0.4 is 5.32 Å². The second kappa shape index (κ2) is 9.18. The largest absolute Gasteiger partial charge is 0.464 e. The molecule has 0 saturated carbocycles. The lowest BCUT2D eigenvalue weighted by Crippen LogP contribution is -2.29. The summed E-state index contributed by atoms with van der Waals surface area (Å²) >= 11 is 0. The van der Waals surface area contributed by atoms with Crippen molar-refractivity contribution >= 4 is 12.1 Å². The van der Waals surface area contributed by atoms with Gasteiger partial charge in [0.05, 0.1) is 6.54 Å². The number of ether oxygens (including phenoxy) is 2. The fourth-order valence-electron chi connectivity index (χ4n) is 2.19. The van der Waals surface area contributed by atoms with Crippen molar-refractivity contribution in [1.82, 2.24) is 5.32 Å². The number of amides is 1. The number of hydrogen-bond donors (Lipinski definition) is 1. The van der Waals surface area contributed by atoms with E-state index >= 15 is 0 Å². The Kier molecular flexibility index (Phi) is 7.59. The van der Waals surface area contributed by atoms with E-state index in [0.717, 1.165) is 6.42 Å². The van der Waals surface area contributed by atoms with E-state index < -0.39 is 6.09 Å². The minimum atomic E-state index is -0.554. The van der Waals surface area contributed by atoms with Gasteiger partial charge in [-0.05, 0) is 18.1 Å². The number of alkyl carbamates (subject to hydrolysis) is 1. The van der Waals surface area contributed by atoms with Gasteiger partial charge in [0.1, 0.15) is 12.4 Å². The van der Waals surface area contributed by atoms with Crippen LogP contribution in [0.2, 0.25) is 0 Å². The van der Waals surface area contributed by atoms with Gasteiger partial charge in [0.25, 0.3) is 0 Å². The van der Waals surface area contributed by atoms with Crippen molar-refractivity contribution in [3.8, 4) is 0 Å². The fourth-order valence-corrected chi connectivity index (χ4v) is 2.19. The van der Waals surface area contributed by atoms with E-state index in [-0.39, 0.29) is 24.5 Å². The second-order valence-electron chi connectivity index (χ2n) is 5.83. The summed E-state index contributed by atoms with van der Waals surface area (Å²) in [6.07, 6.45) is 10.5. The first-order valence-electron chi connectivity index (χ1n) is 8.11. The second-order valence-corrected chi connectivity index (χ2v) is 5.83. The smallest absolute Gasteiger partial charge is 0.412 e. The van der Waals surface area contributed by atoms with Gasteiger partial charge in [-0.25, -0.2) is 4.79 Å². The molecule has 1 aliphatic carbocycles. The van der Waals surface area contributed by atoms with E-state index in [1.54, 1.807) is 13.0 Å². The van der Waals surface area contributed by atoms with Crippen molar-refractivity contribution in [3.63, 3.8) is 0 Å². The number of esters is 1. The van der Waals surface area contributed by atoms with Crippen LogP contribution >= 0.6 is 0 Å². The molecular weight excluding hydrogens is 294 g/mol. The van der Waals surface area contributed by atoms with Gasteiger partial charge in [-0.1, -0.05) is 52.3 Å². The maximum absolute atomic E-state index is 11.8. The Hall–Kier alpha value is -2.04. The lowest BCUT2D eigenvalue weighted by Gasteiger charge is -2.29. The first-order valence-corrected chi connectivity index (χ1v) is 8.11. The first kappa shape index (κ1) is 19.0. The summed E-state index contributed by atoms with van der Waals surface area (Å²) in [5.41, 5.74) is -0.162. The third-order valence-corrected chi connectivity index (χ3v) is 4.09. The Bertz CT molecular complexity index is 507. The number of carbonyl (C=O) groups is 2. The molecule has 5 nitrogen and oxygen atoms in total. The van der Waals surface area contributed by atoms with Gasteiger partial charge in [-0.3, -0.25) is 4.79 Å².